The van der Waals surface area contributed by atoms with Crippen LogP contribution in [0.1, 0.15) is 22.3 Å². The number of nitrogen functional groups attached to an aromatic ring is 1. The van der Waals surface area contributed by atoms with E-state index in [-0.39, 0.29) is 11.8 Å². The van der Waals surface area contributed by atoms with Gasteiger partial charge >= 0.3 is 0 Å². The summed E-state index contributed by atoms with van der Waals surface area (Å²) in [5.41, 5.74) is 3.63. The maximum atomic E-state index is 11.4. The van der Waals surface area contributed by atoms with Crippen molar-refractivity contribution in [2.75, 3.05) is 20.6 Å². The van der Waals surface area contributed by atoms with E-state index in [2.05, 4.69) is 10.7 Å². The minimum Gasteiger partial charge on any atom is -0.359 e. The van der Waals surface area contributed by atoms with Crippen molar-refractivity contribution in [1.82, 2.24) is 15.6 Å². The quantitative estimate of drug-likeness (QED) is 0.379. The third kappa shape index (κ3) is 5.07. The van der Waals surface area contributed by atoms with E-state index in [1.54, 1.807) is 19.2 Å². The van der Waals surface area contributed by atoms with Crippen LogP contribution in [0.5, 0.6) is 0 Å². The molecule has 0 saturated carbocycles. The molecule has 0 radical (unpaired) electrons. The molecule has 104 valence electrons. The molecule has 6 heteroatoms. The van der Waals surface area contributed by atoms with Gasteiger partial charge in [-0.3, -0.25) is 15.0 Å². The molecule has 0 aromatic heterocycles. The standard InChI is InChI=1S/C13H20N4O2/c1-15-12(18)6-7-17(2)9-10-4-3-5-11(8-10)13(19)16-14/h3-5,8H,6-7,9,14H2,1-2H3,(H,15,18)(H,16,19). The first kappa shape index (κ1) is 15.1. The summed E-state index contributed by atoms with van der Waals surface area (Å²) >= 11 is 0. The molecule has 0 unspecified atom stereocenters. The predicted octanol–water partition coefficient (Wildman–Crippen LogP) is -0.142. The summed E-state index contributed by atoms with van der Waals surface area (Å²) in [5, 5.41) is 2.58. The minimum atomic E-state index is -0.310. The monoisotopic (exact) mass is 264 g/mol. The van der Waals surface area contributed by atoms with E-state index >= 15 is 0 Å². The molecule has 0 spiro atoms. The van der Waals surface area contributed by atoms with Gasteiger partial charge in [-0.05, 0) is 24.7 Å². The number of rotatable bonds is 6. The number of nitrogens with zero attached hydrogens (tertiary/aromatic N) is 1. The van der Waals surface area contributed by atoms with E-state index in [0.29, 0.717) is 25.1 Å². The Bertz CT molecular complexity index is 448. The lowest BCUT2D eigenvalue weighted by Gasteiger charge is -2.16. The predicted molar refractivity (Wildman–Crippen MR) is 73.1 cm³/mol. The summed E-state index contributed by atoms with van der Waals surface area (Å²) < 4.78 is 0. The number of nitrogens with one attached hydrogen (secondary N) is 2. The Balaban J connectivity index is 2.56. The van der Waals surface area contributed by atoms with Gasteiger partial charge in [-0.15, -0.1) is 0 Å². The van der Waals surface area contributed by atoms with Crippen molar-refractivity contribution >= 4 is 11.8 Å². The number of nitrogens with two attached hydrogens (primary N) is 1. The first-order valence-electron chi connectivity index (χ1n) is 6.06. The fourth-order valence-corrected chi connectivity index (χ4v) is 1.70. The second-order valence-electron chi connectivity index (χ2n) is 4.33. The fraction of sp³-hybridized carbons (Fsp3) is 0.385. The van der Waals surface area contributed by atoms with Crippen LogP contribution in [0.25, 0.3) is 0 Å². The van der Waals surface area contributed by atoms with Crippen LogP contribution in [-0.2, 0) is 11.3 Å². The number of amides is 2. The number of benzene rings is 1. The van der Waals surface area contributed by atoms with Crippen LogP contribution in [0.2, 0.25) is 0 Å². The molecule has 0 fully saturated rings. The first-order valence-corrected chi connectivity index (χ1v) is 6.06. The zero-order chi connectivity index (χ0) is 14.3. The van der Waals surface area contributed by atoms with Gasteiger partial charge in [-0.1, -0.05) is 12.1 Å². The molecule has 1 rings (SSSR count). The summed E-state index contributed by atoms with van der Waals surface area (Å²) in [5.74, 6) is 4.80. The van der Waals surface area contributed by atoms with Gasteiger partial charge in [0.2, 0.25) is 5.91 Å². The smallest absolute Gasteiger partial charge is 0.265 e. The second-order valence-corrected chi connectivity index (χ2v) is 4.33. The van der Waals surface area contributed by atoms with Gasteiger partial charge in [0.25, 0.3) is 5.91 Å². The molecule has 0 saturated heterocycles. The molecular weight excluding hydrogens is 244 g/mol. The van der Waals surface area contributed by atoms with E-state index in [4.69, 9.17) is 5.84 Å². The van der Waals surface area contributed by atoms with Gasteiger partial charge in [0.05, 0.1) is 0 Å². The van der Waals surface area contributed by atoms with Crippen molar-refractivity contribution in [1.29, 1.82) is 0 Å². The molecule has 19 heavy (non-hydrogen) atoms. The van der Waals surface area contributed by atoms with Gasteiger partial charge in [0.1, 0.15) is 0 Å². The Kier molecular flexibility index (Phi) is 5.98. The molecule has 0 aliphatic heterocycles. The Labute approximate surface area is 112 Å². The summed E-state index contributed by atoms with van der Waals surface area (Å²) in [6.07, 6.45) is 0.454. The number of hydrogen-bond donors (Lipinski definition) is 3. The van der Waals surface area contributed by atoms with Crippen molar-refractivity contribution in [3.8, 4) is 0 Å². The molecule has 0 aliphatic carbocycles. The molecule has 1 aromatic carbocycles. The van der Waals surface area contributed by atoms with Gasteiger partial charge in [0, 0.05) is 32.1 Å². The second kappa shape index (κ2) is 7.50. The van der Waals surface area contributed by atoms with Crippen molar-refractivity contribution in [2.24, 2.45) is 5.84 Å². The van der Waals surface area contributed by atoms with E-state index in [1.807, 2.05) is 24.1 Å². The SMILES string of the molecule is CNC(=O)CCN(C)Cc1cccc(C(=O)NN)c1. The van der Waals surface area contributed by atoms with Crippen LogP contribution in [0.3, 0.4) is 0 Å². The largest absolute Gasteiger partial charge is 0.359 e. The fourth-order valence-electron chi connectivity index (χ4n) is 1.70. The number of carbonyl (C=O) groups is 2. The summed E-state index contributed by atoms with van der Waals surface area (Å²) in [4.78, 5) is 24.6. The summed E-state index contributed by atoms with van der Waals surface area (Å²) in [7, 11) is 3.55. The molecule has 0 aliphatic rings. The molecule has 4 N–H and O–H groups in total. The molecule has 1 aromatic rings. The van der Waals surface area contributed by atoms with Crippen LogP contribution >= 0.6 is 0 Å². The van der Waals surface area contributed by atoms with Crippen LogP contribution in [0, 0.1) is 0 Å². The van der Waals surface area contributed by atoms with E-state index < -0.39 is 0 Å². The average molecular weight is 264 g/mol. The molecule has 0 atom stereocenters. The third-order valence-electron chi connectivity index (χ3n) is 2.77. The number of hydrazine groups is 1. The van der Waals surface area contributed by atoms with Crippen LogP contribution < -0.4 is 16.6 Å². The van der Waals surface area contributed by atoms with Crippen LogP contribution in [0.15, 0.2) is 24.3 Å². The lowest BCUT2D eigenvalue weighted by atomic mass is 10.1. The van der Waals surface area contributed by atoms with Crippen molar-refractivity contribution in [3.63, 3.8) is 0 Å². The van der Waals surface area contributed by atoms with E-state index in [9.17, 15) is 9.59 Å². The van der Waals surface area contributed by atoms with E-state index in [1.165, 1.54) is 0 Å². The topological polar surface area (TPSA) is 87.5 Å². The maximum Gasteiger partial charge on any atom is 0.265 e. The highest BCUT2D eigenvalue weighted by molar-refractivity contribution is 5.93. The molecular formula is C13H20N4O2. The van der Waals surface area contributed by atoms with Crippen LogP contribution in [0.4, 0.5) is 0 Å². The Morgan fingerprint density at radius 3 is 2.74 bits per heavy atom. The highest BCUT2D eigenvalue weighted by Gasteiger charge is 2.07. The van der Waals surface area contributed by atoms with Gasteiger partial charge in [0.15, 0.2) is 0 Å². The molecule has 6 nitrogen and oxygen atoms in total. The zero-order valence-corrected chi connectivity index (χ0v) is 11.3. The summed E-state index contributed by atoms with van der Waals surface area (Å²) in [6, 6.07) is 7.24. The molecule has 0 heterocycles. The van der Waals surface area contributed by atoms with Crippen molar-refractivity contribution in [2.45, 2.75) is 13.0 Å². The van der Waals surface area contributed by atoms with Crippen molar-refractivity contribution < 1.29 is 9.59 Å². The van der Waals surface area contributed by atoms with Gasteiger partial charge < -0.3 is 10.2 Å². The Morgan fingerprint density at radius 1 is 1.37 bits per heavy atom. The lowest BCUT2D eigenvalue weighted by molar-refractivity contribution is -0.120. The highest BCUT2D eigenvalue weighted by Crippen LogP contribution is 2.07. The Hall–Kier alpha value is -1.92. The zero-order valence-electron chi connectivity index (χ0n) is 11.3. The van der Waals surface area contributed by atoms with Gasteiger partial charge in [-0.25, -0.2) is 5.84 Å². The average Bonchev–Trinajstić information content (AvgIpc) is 2.44. The lowest BCUT2D eigenvalue weighted by Crippen LogP contribution is -2.30. The first-order chi connectivity index (χ1) is 9.06. The number of hydrogen-bond acceptors (Lipinski definition) is 4. The third-order valence-corrected chi connectivity index (χ3v) is 2.77. The summed E-state index contributed by atoms with van der Waals surface area (Å²) in [6.45, 7) is 1.33. The van der Waals surface area contributed by atoms with Gasteiger partial charge in [-0.2, -0.15) is 0 Å². The van der Waals surface area contributed by atoms with Crippen LogP contribution in [-0.4, -0.2) is 37.4 Å². The number of carbonyl (C=O) groups excluding carboxylic acids is 2. The molecule has 2 amide bonds. The maximum absolute atomic E-state index is 11.4. The highest BCUT2D eigenvalue weighted by atomic mass is 16.2. The van der Waals surface area contributed by atoms with E-state index in [0.717, 1.165) is 5.56 Å². The molecule has 0 bridgehead atoms. The minimum absolute atomic E-state index is 0.0168. The van der Waals surface area contributed by atoms with Crippen molar-refractivity contribution in [3.05, 3.63) is 35.4 Å². The Morgan fingerprint density at radius 2 is 2.11 bits per heavy atom. The normalized spacial score (nSPS) is 10.3.